The molecule has 3 heterocycles. The van der Waals surface area contributed by atoms with E-state index in [1.54, 1.807) is 25.4 Å². The summed E-state index contributed by atoms with van der Waals surface area (Å²) in [6.45, 7) is 5.38. The van der Waals surface area contributed by atoms with Crippen molar-refractivity contribution in [3.05, 3.63) is 30.1 Å². The van der Waals surface area contributed by atoms with Gasteiger partial charge in [-0.3, -0.25) is 4.98 Å². The first-order valence-corrected chi connectivity index (χ1v) is 6.88. The Morgan fingerprint density at radius 3 is 2.90 bits per heavy atom. The second kappa shape index (κ2) is 5.07. The lowest BCUT2D eigenvalue weighted by Crippen LogP contribution is -2.46. The summed E-state index contributed by atoms with van der Waals surface area (Å²) in [6, 6.07) is 4.29. The lowest BCUT2D eigenvalue weighted by molar-refractivity contribution is 0.0526. The number of ether oxygens (including phenoxy) is 1. The molecule has 1 fully saturated rings. The van der Waals surface area contributed by atoms with Crippen LogP contribution in [0.3, 0.4) is 0 Å². The Balaban J connectivity index is 1.92. The highest BCUT2D eigenvalue weighted by atomic mass is 16.5. The predicted molar refractivity (Wildman–Crippen MR) is 76.9 cm³/mol. The van der Waals surface area contributed by atoms with Gasteiger partial charge in [-0.15, -0.1) is 0 Å². The van der Waals surface area contributed by atoms with E-state index in [9.17, 15) is 4.79 Å². The van der Waals surface area contributed by atoms with Gasteiger partial charge in [-0.2, -0.15) is 0 Å². The first-order valence-electron chi connectivity index (χ1n) is 6.88. The molecule has 5 heteroatoms. The van der Waals surface area contributed by atoms with Crippen LogP contribution >= 0.6 is 0 Å². The van der Waals surface area contributed by atoms with E-state index in [1.165, 1.54) is 6.42 Å². The van der Waals surface area contributed by atoms with Crippen LogP contribution in [0, 0.1) is 0 Å². The summed E-state index contributed by atoms with van der Waals surface area (Å²) in [7, 11) is 0. The summed E-state index contributed by atoms with van der Waals surface area (Å²) in [6.07, 6.45) is 4.53. The first-order chi connectivity index (χ1) is 9.69. The number of hydrogen-bond donors (Lipinski definition) is 0. The minimum absolute atomic E-state index is 0.345. The summed E-state index contributed by atoms with van der Waals surface area (Å²) < 4.78 is 4.97. The fourth-order valence-electron chi connectivity index (χ4n) is 2.35. The molecule has 1 saturated heterocycles. The molecule has 0 aliphatic carbocycles. The maximum Gasteiger partial charge on any atom is 0.339 e. The van der Waals surface area contributed by atoms with Crippen molar-refractivity contribution in [2.24, 2.45) is 0 Å². The normalized spacial score (nSPS) is 17.9. The van der Waals surface area contributed by atoms with Crippen LogP contribution in [0.5, 0.6) is 0 Å². The lowest BCUT2D eigenvalue weighted by atomic mass is 10.1. The maximum absolute atomic E-state index is 11.7. The van der Waals surface area contributed by atoms with Gasteiger partial charge in [-0.05, 0) is 26.3 Å². The molecule has 0 saturated carbocycles. The molecule has 1 aliphatic rings. The van der Waals surface area contributed by atoms with Crippen molar-refractivity contribution >= 4 is 22.7 Å². The average Bonchev–Trinajstić information content (AvgIpc) is 2.45. The van der Waals surface area contributed by atoms with E-state index in [2.05, 4.69) is 21.8 Å². The number of esters is 1. The van der Waals surface area contributed by atoms with Crippen molar-refractivity contribution in [3.8, 4) is 0 Å². The van der Waals surface area contributed by atoms with Crippen LogP contribution in [0.15, 0.2) is 24.5 Å². The van der Waals surface area contributed by atoms with Gasteiger partial charge in [0.1, 0.15) is 5.82 Å². The Hall–Kier alpha value is -2.17. The highest BCUT2D eigenvalue weighted by molar-refractivity contribution is 5.93. The molecular weight excluding hydrogens is 254 g/mol. The fourth-order valence-corrected chi connectivity index (χ4v) is 2.35. The largest absolute Gasteiger partial charge is 0.462 e. The average molecular weight is 271 g/mol. The molecule has 0 N–H and O–H groups in total. The molecule has 0 bridgehead atoms. The summed E-state index contributed by atoms with van der Waals surface area (Å²) in [5.74, 6) is 0.606. The van der Waals surface area contributed by atoms with Gasteiger partial charge in [0, 0.05) is 36.4 Å². The minimum atomic E-state index is -0.345. The number of hydrogen-bond acceptors (Lipinski definition) is 5. The van der Waals surface area contributed by atoms with Crippen LogP contribution in [0.2, 0.25) is 0 Å². The maximum atomic E-state index is 11.7. The zero-order valence-electron chi connectivity index (χ0n) is 11.7. The van der Waals surface area contributed by atoms with E-state index in [-0.39, 0.29) is 5.97 Å². The zero-order valence-corrected chi connectivity index (χ0v) is 11.7. The Morgan fingerprint density at radius 2 is 2.25 bits per heavy atom. The molecule has 1 unspecified atom stereocenters. The van der Waals surface area contributed by atoms with Gasteiger partial charge in [0.2, 0.25) is 0 Å². The highest BCUT2D eigenvalue weighted by Crippen LogP contribution is 2.26. The Kier molecular flexibility index (Phi) is 3.26. The van der Waals surface area contributed by atoms with Gasteiger partial charge < -0.3 is 9.64 Å². The third kappa shape index (κ3) is 2.19. The molecule has 0 radical (unpaired) electrons. The molecule has 1 atom stereocenters. The van der Waals surface area contributed by atoms with E-state index in [4.69, 9.17) is 4.74 Å². The highest BCUT2D eigenvalue weighted by Gasteiger charge is 2.24. The topological polar surface area (TPSA) is 55.3 Å². The molecule has 1 aliphatic heterocycles. The Bertz CT molecular complexity index is 657. The second-order valence-electron chi connectivity index (χ2n) is 5.01. The predicted octanol–water partition coefficient (Wildman–Crippen LogP) is 2.41. The van der Waals surface area contributed by atoms with Crippen molar-refractivity contribution < 1.29 is 9.53 Å². The monoisotopic (exact) mass is 271 g/mol. The molecule has 0 spiro atoms. The smallest absolute Gasteiger partial charge is 0.339 e. The molecule has 3 rings (SSSR count). The second-order valence-corrected chi connectivity index (χ2v) is 5.01. The lowest BCUT2D eigenvalue weighted by Gasteiger charge is -2.39. The third-order valence-electron chi connectivity index (χ3n) is 3.68. The van der Waals surface area contributed by atoms with Gasteiger partial charge in [0.15, 0.2) is 0 Å². The molecule has 0 aromatic carbocycles. The quantitative estimate of drug-likeness (QED) is 0.802. The van der Waals surface area contributed by atoms with Crippen molar-refractivity contribution in [1.82, 2.24) is 9.97 Å². The number of rotatable bonds is 3. The molecule has 5 nitrogen and oxygen atoms in total. The van der Waals surface area contributed by atoms with Crippen LogP contribution in [0.1, 0.15) is 30.6 Å². The van der Waals surface area contributed by atoms with Crippen LogP contribution in [-0.2, 0) is 4.74 Å². The van der Waals surface area contributed by atoms with Gasteiger partial charge in [-0.25, -0.2) is 9.78 Å². The fraction of sp³-hybridized carbons (Fsp3) is 0.400. The molecule has 20 heavy (non-hydrogen) atoms. The number of anilines is 1. The van der Waals surface area contributed by atoms with Gasteiger partial charge >= 0.3 is 5.97 Å². The summed E-state index contributed by atoms with van der Waals surface area (Å²) in [5.41, 5.74) is 1.31. The number of pyridine rings is 2. The number of carbonyl (C=O) groups excluding carboxylic acids is 1. The van der Waals surface area contributed by atoms with Gasteiger partial charge in [0.25, 0.3) is 0 Å². The number of fused-ring (bicyclic) bond motifs is 1. The van der Waals surface area contributed by atoms with Crippen molar-refractivity contribution in [1.29, 1.82) is 0 Å². The molecule has 2 aromatic rings. The SMILES string of the molecule is CCOC(=O)c1cnc2cc(N3CCC3C)ncc2c1. The van der Waals surface area contributed by atoms with Crippen LogP contribution < -0.4 is 4.90 Å². The van der Waals surface area contributed by atoms with Crippen molar-refractivity contribution in [2.75, 3.05) is 18.1 Å². The standard InChI is InChI=1S/C15H17N3O2/c1-3-20-15(19)12-6-11-8-17-14(7-13(11)16-9-12)18-5-4-10(18)2/h6-10H,3-5H2,1-2H3. The number of carbonyl (C=O) groups is 1. The van der Waals surface area contributed by atoms with Crippen LogP contribution in [-0.4, -0.2) is 35.1 Å². The minimum Gasteiger partial charge on any atom is -0.462 e. The van der Waals surface area contributed by atoms with Crippen molar-refractivity contribution in [2.45, 2.75) is 26.3 Å². The summed E-state index contributed by atoms with van der Waals surface area (Å²) in [5, 5.41) is 0.854. The number of nitrogens with zero attached hydrogens (tertiary/aromatic N) is 3. The summed E-state index contributed by atoms with van der Waals surface area (Å²) in [4.78, 5) is 22.7. The van der Waals surface area contributed by atoms with E-state index >= 15 is 0 Å². The van der Waals surface area contributed by atoms with Gasteiger partial charge in [0.05, 0.1) is 17.7 Å². The van der Waals surface area contributed by atoms with E-state index in [0.29, 0.717) is 18.2 Å². The van der Waals surface area contributed by atoms with Crippen LogP contribution in [0.25, 0.3) is 10.9 Å². The molecule has 0 amide bonds. The van der Waals surface area contributed by atoms with E-state index in [1.807, 2.05) is 6.07 Å². The van der Waals surface area contributed by atoms with Crippen LogP contribution in [0.4, 0.5) is 5.82 Å². The summed E-state index contributed by atoms with van der Waals surface area (Å²) >= 11 is 0. The van der Waals surface area contributed by atoms with Crippen molar-refractivity contribution in [3.63, 3.8) is 0 Å². The molecule has 104 valence electrons. The Labute approximate surface area is 117 Å². The third-order valence-corrected chi connectivity index (χ3v) is 3.68. The van der Waals surface area contributed by atoms with E-state index < -0.39 is 0 Å². The Morgan fingerprint density at radius 1 is 1.40 bits per heavy atom. The molecular formula is C15H17N3O2. The van der Waals surface area contributed by atoms with Gasteiger partial charge in [-0.1, -0.05) is 0 Å². The zero-order chi connectivity index (χ0) is 14.1. The van der Waals surface area contributed by atoms with E-state index in [0.717, 1.165) is 23.3 Å². The molecule has 2 aromatic heterocycles. The number of aromatic nitrogens is 2. The first kappa shape index (κ1) is 12.8.